The largest absolute Gasteiger partial charge is 0.489 e. The summed E-state index contributed by atoms with van der Waals surface area (Å²) < 4.78 is 5.00. The Morgan fingerprint density at radius 1 is 1.29 bits per heavy atom. The van der Waals surface area contributed by atoms with Crippen LogP contribution in [0.4, 0.5) is 0 Å². The first-order valence-corrected chi connectivity index (χ1v) is 6.05. The second-order valence-electron chi connectivity index (χ2n) is 4.53. The highest BCUT2D eigenvalue weighted by Crippen LogP contribution is 2.22. The Morgan fingerprint density at radius 2 is 1.88 bits per heavy atom. The first-order chi connectivity index (χ1) is 7.98. The topological polar surface area (TPSA) is 26.3 Å². The summed E-state index contributed by atoms with van der Waals surface area (Å²) in [6.07, 6.45) is 1.23. The molecule has 1 aromatic carbocycles. The van der Waals surface area contributed by atoms with E-state index in [1.807, 2.05) is 44.2 Å². The Hall–Kier alpha value is -1.22. The summed E-state index contributed by atoms with van der Waals surface area (Å²) in [5, 5.41) is 0.357. The Kier molecular flexibility index (Phi) is 4.82. The number of ketones is 1. The minimum absolute atomic E-state index is 0.119. The summed E-state index contributed by atoms with van der Waals surface area (Å²) >= 11 is 5.06. The molecule has 0 aliphatic carbocycles. The minimum Gasteiger partial charge on any atom is -0.489 e. The lowest BCUT2D eigenvalue weighted by molar-refractivity contribution is -0.124. The first kappa shape index (κ1) is 13.8. The van der Waals surface area contributed by atoms with Gasteiger partial charge in [0.2, 0.25) is 0 Å². The fraction of sp³-hybridized carbons (Fsp3) is 0.429. The van der Waals surface area contributed by atoms with E-state index in [0.717, 1.165) is 6.42 Å². The molecule has 0 amide bonds. The molecule has 3 heteroatoms. The summed E-state index contributed by atoms with van der Waals surface area (Å²) in [6.45, 7) is 3.62. The monoisotopic (exact) mass is 250 g/mol. The van der Waals surface area contributed by atoms with Crippen molar-refractivity contribution < 1.29 is 9.53 Å². The highest BCUT2D eigenvalue weighted by Gasteiger charge is 2.32. The number of Topliss-reactive ketones (excluding diaryl/α,β-unsaturated/α-hetero) is 1. The van der Waals surface area contributed by atoms with Gasteiger partial charge in [-0.25, -0.2) is 0 Å². The fourth-order valence-electron chi connectivity index (χ4n) is 1.58. The number of hydrogen-bond acceptors (Lipinski definition) is 3. The van der Waals surface area contributed by atoms with Gasteiger partial charge >= 0.3 is 0 Å². The maximum atomic E-state index is 12.1. The number of benzene rings is 1. The van der Waals surface area contributed by atoms with E-state index in [-0.39, 0.29) is 5.78 Å². The van der Waals surface area contributed by atoms with Crippen molar-refractivity contribution >= 4 is 23.1 Å². The van der Waals surface area contributed by atoms with Crippen molar-refractivity contribution in [3.8, 4) is 0 Å². The van der Waals surface area contributed by atoms with Gasteiger partial charge in [-0.15, -0.1) is 0 Å². The van der Waals surface area contributed by atoms with Gasteiger partial charge in [-0.1, -0.05) is 30.3 Å². The van der Waals surface area contributed by atoms with E-state index in [2.05, 4.69) is 0 Å². The van der Waals surface area contributed by atoms with Gasteiger partial charge in [0.05, 0.1) is 12.5 Å². The molecule has 0 radical (unpaired) electrons. The van der Waals surface area contributed by atoms with E-state index in [4.69, 9.17) is 17.0 Å². The molecule has 0 fully saturated rings. The highest BCUT2D eigenvalue weighted by atomic mass is 32.1. The highest BCUT2D eigenvalue weighted by molar-refractivity contribution is 7.80. The molecule has 1 rings (SSSR count). The average molecular weight is 250 g/mol. The van der Waals surface area contributed by atoms with Crippen molar-refractivity contribution in [1.82, 2.24) is 0 Å². The maximum absolute atomic E-state index is 12.1. The molecule has 0 N–H and O–H groups in total. The number of carbonyl (C=O) groups is 1. The van der Waals surface area contributed by atoms with Crippen LogP contribution in [0.25, 0.3) is 0 Å². The standard InChI is InChI=1S/C14H18O2S/c1-14(2,13(17)16-3)12(15)10-9-11-7-5-4-6-8-11/h4-8H,9-10H2,1-3H3. The molecule has 0 atom stereocenters. The van der Waals surface area contributed by atoms with E-state index in [0.29, 0.717) is 11.5 Å². The summed E-state index contributed by atoms with van der Waals surface area (Å²) in [4.78, 5) is 12.1. The predicted octanol–water partition coefficient (Wildman–Crippen LogP) is 3.19. The smallest absolute Gasteiger partial charge is 0.172 e. The second kappa shape index (κ2) is 5.92. The van der Waals surface area contributed by atoms with Crippen LogP contribution >= 0.6 is 12.2 Å². The lowest BCUT2D eigenvalue weighted by atomic mass is 9.86. The van der Waals surface area contributed by atoms with Crippen molar-refractivity contribution in [2.45, 2.75) is 26.7 Å². The third kappa shape index (κ3) is 3.63. The molecular weight excluding hydrogens is 232 g/mol. The van der Waals surface area contributed by atoms with Gasteiger partial charge in [0, 0.05) is 6.42 Å². The van der Waals surface area contributed by atoms with Crippen molar-refractivity contribution in [3.05, 3.63) is 35.9 Å². The first-order valence-electron chi connectivity index (χ1n) is 5.64. The number of hydrogen-bond donors (Lipinski definition) is 0. The molecule has 0 saturated heterocycles. The van der Waals surface area contributed by atoms with Gasteiger partial charge in [0.25, 0.3) is 0 Å². The quantitative estimate of drug-likeness (QED) is 0.751. The molecule has 92 valence electrons. The minimum atomic E-state index is -0.682. The fourth-order valence-corrected chi connectivity index (χ4v) is 1.70. The second-order valence-corrected chi connectivity index (χ2v) is 4.90. The van der Waals surface area contributed by atoms with Crippen LogP contribution < -0.4 is 0 Å². The zero-order chi connectivity index (χ0) is 12.9. The lowest BCUT2D eigenvalue weighted by Crippen LogP contribution is -2.33. The number of ether oxygens (including phenoxy) is 1. The van der Waals surface area contributed by atoms with E-state index in [1.165, 1.54) is 12.7 Å². The lowest BCUT2D eigenvalue weighted by Gasteiger charge is -2.22. The average Bonchev–Trinajstić information content (AvgIpc) is 2.35. The van der Waals surface area contributed by atoms with Gasteiger partial charge in [-0.3, -0.25) is 4.79 Å². The van der Waals surface area contributed by atoms with Crippen molar-refractivity contribution in [2.24, 2.45) is 5.41 Å². The zero-order valence-corrected chi connectivity index (χ0v) is 11.3. The molecule has 0 spiro atoms. The van der Waals surface area contributed by atoms with Crippen LogP contribution in [0.15, 0.2) is 30.3 Å². The molecular formula is C14H18O2S. The summed E-state index contributed by atoms with van der Waals surface area (Å²) in [7, 11) is 1.51. The number of aryl methyl sites for hydroxylation is 1. The Labute approximate surface area is 108 Å². The van der Waals surface area contributed by atoms with E-state index in [9.17, 15) is 4.79 Å². The van der Waals surface area contributed by atoms with E-state index in [1.54, 1.807) is 0 Å². The van der Waals surface area contributed by atoms with Crippen LogP contribution in [0.5, 0.6) is 0 Å². The molecule has 0 saturated carbocycles. The van der Waals surface area contributed by atoms with Gasteiger partial charge in [0.15, 0.2) is 5.05 Å². The van der Waals surface area contributed by atoms with E-state index < -0.39 is 5.41 Å². The molecule has 0 aliphatic rings. The molecule has 17 heavy (non-hydrogen) atoms. The third-order valence-electron chi connectivity index (χ3n) is 2.88. The number of methoxy groups -OCH3 is 1. The molecule has 0 bridgehead atoms. The van der Waals surface area contributed by atoms with Crippen LogP contribution in [0.3, 0.4) is 0 Å². The van der Waals surface area contributed by atoms with Crippen LogP contribution in [0.1, 0.15) is 25.8 Å². The summed E-state index contributed by atoms with van der Waals surface area (Å²) in [5.41, 5.74) is 0.485. The van der Waals surface area contributed by atoms with Gasteiger partial charge in [0.1, 0.15) is 5.78 Å². The SMILES string of the molecule is COC(=S)C(C)(C)C(=O)CCc1ccccc1. The van der Waals surface area contributed by atoms with Crippen molar-refractivity contribution in [1.29, 1.82) is 0 Å². The number of thiocarbonyl (C=S) groups is 1. The van der Waals surface area contributed by atoms with Crippen LogP contribution in [-0.4, -0.2) is 17.9 Å². The summed E-state index contributed by atoms with van der Waals surface area (Å²) in [6, 6.07) is 9.97. The van der Waals surface area contributed by atoms with Crippen LogP contribution in [0.2, 0.25) is 0 Å². The van der Waals surface area contributed by atoms with Crippen LogP contribution in [-0.2, 0) is 16.0 Å². The maximum Gasteiger partial charge on any atom is 0.172 e. The zero-order valence-electron chi connectivity index (χ0n) is 10.5. The summed E-state index contributed by atoms with van der Waals surface area (Å²) in [5.74, 6) is 0.119. The van der Waals surface area contributed by atoms with Crippen molar-refractivity contribution in [2.75, 3.05) is 7.11 Å². The number of rotatable bonds is 5. The normalized spacial score (nSPS) is 11.0. The van der Waals surface area contributed by atoms with Crippen molar-refractivity contribution in [3.63, 3.8) is 0 Å². The Balaban J connectivity index is 2.58. The number of carbonyl (C=O) groups excluding carboxylic acids is 1. The Bertz CT molecular complexity index is 396. The Morgan fingerprint density at radius 3 is 2.41 bits per heavy atom. The molecule has 0 aliphatic heterocycles. The molecule has 0 heterocycles. The third-order valence-corrected chi connectivity index (χ3v) is 3.55. The predicted molar refractivity (Wildman–Crippen MR) is 73.2 cm³/mol. The van der Waals surface area contributed by atoms with Crippen LogP contribution in [0, 0.1) is 5.41 Å². The van der Waals surface area contributed by atoms with E-state index >= 15 is 0 Å². The molecule has 1 aromatic rings. The van der Waals surface area contributed by atoms with Gasteiger partial charge < -0.3 is 4.74 Å². The molecule has 0 unspecified atom stereocenters. The molecule has 2 nitrogen and oxygen atoms in total. The molecule has 0 aromatic heterocycles. The van der Waals surface area contributed by atoms with Gasteiger partial charge in [-0.05, 0) is 38.0 Å². The van der Waals surface area contributed by atoms with Gasteiger partial charge in [-0.2, -0.15) is 0 Å².